The summed E-state index contributed by atoms with van der Waals surface area (Å²) < 4.78 is 1.69. The average Bonchev–Trinajstić information content (AvgIpc) is 2.42. The molecule has 0 bridgehead atoms. The summed E-state index contributed by atoms with van der Waals surface area (Å²) in [6.07, 6.45) is 0.786. The molecule has 2 aromatic rings. The fourth-order valence-electron chi connectivity index (χ4n) is 1.76. The highest BCUT2D eigenvalue weighted by Crippen LogP contribution is 2.28. The van der Waals surface area contributed by atoms with Crippen molar-refractivity contribution in [1.82, 2.24) is 4.57 Å². The molecule has 0 spiro atoms. The zero-order chi connectivity index (χ0) is 10.3. The highest BCUT2D eigenvalue weighted by atomic mass is 16.3. The van der Waals surface area contributed by atoms with Gasteiger partial charge in [-0.15, -0.1) is 0 Å². The molecule has 0 radical (unpaired) electrons. The zero-order valence-electron chi connectivity index (χ0n) is 8.11. The molecule has 0 aliphatic heterocycles. The van der Waals surface area contributed by atoms with Crippen LogP contribution in [0, 0.1) is 6.92 Å². The number of aryl methyl sites for hydroxylation is 2. The summed E-state index contributed by atoms with van der Waals surface area (Å²) in [4.78, 5) is 10.7. The van der Waals surface area contributed by atoms with E-state index in [1.165, 1.54) is 0 Å². The molecule has 0 aliphatic rings. The molecule has 0 atom stereocenters. The lowest BCUT2D eigenvalue weighted by atomic mass is 10.1. The molecule has 0 saturated carbocycles. The number of hydrogen-bond acceptors (Lipinski definition) is 2. The van der Waals surface area contributed by atoms with E-state index in [4.69, 9.17) is 0 Å². The van der Waals surface area contributed by atoms with Crippen LogP contribution in [0.1, 0.15) is 16.1 Å². The largest absolute Gasteiger partial charge is 0.506 e. The van der Waals surface area contributed by atoms with E-state index in [1.54, 1.807) is 23.7 Å². The van der Waals surface area contributed by atoms with Crippen molar-refractivity contribution >= 4 is 17.2 Å². The second-order valence-electron chi connectivity index (χ2n) is 3.47. The molecule has 0 unspecified atom stereocenters. The molecule has 1 N–H and O–H groups in total. The molecule has 1 aromatic carbocycles. The van der Waals surface area contributed by atoms with E-state index in [0.717, 1.165) is 17.2 Å². The van der Waals surface area contributed by atoms with Crippen molar-refractivity contribution in [2.75, 3.05) is 0 Å². The maximum absolute atomic E-state index is 10.7. The van der Waals surface area contributed by atoms with E-state index in [-0.39, 0.29) is 5.75 Å². The number of carbonyl (C=O) groups is 1. The highest BCUT2D eigenvalue weighted by Gasteiger charge is 2.08. The number of carbonyl (C=O) groups excluding carboxylic acids is 1. The summed E-state index contributed by atoms with van der Waals surface area (Å²) in [5.41, 5.74) is 2.26. The van der Waals surface area contributed by atoms with E-state index >= 15 is 0 Å². The molecule has 0 amide bonds. The first kappa shape index (κ1) is 8.81. The first-order chi connectivity index (χ1) is 6.63. The predicted octanol–water partition coefficient (Wildman–Crippen LogP) is 2.00. The van der Waals surface area contributed by atoms with E-state index < -0.39 is 0 Å². The molecule has 2 rings (SSSR count). The zero-order valence-corrected chi connectivity index (χ0v) is 8.11. The van der Waals surface area contributed by atoms with Crippen molar-refractivity contribution in [1.29, 1.82) is 0 Å². The standard InChI is InChI=1S/C11H11NO2/c1-7-3-8-5-9(6-13)12(2)11(8)10(14)4-7/h3-6,14H,1-2H3. The Kier molecular flexibility index (Phi) is 1.81. The number of aromatic nitrogens is 1. The fourth-order valence-corrected chi connectivity index (χ4v) is 1.76. The quantitative estimate of drug-likeness (QED) is 0.697. The second kappa shape index (κ2) is 2.87. The van der Waals surface area contributed by atoms with Crippen LogP contribution in [0.15, 0.2) is 18.2 Å². The van der Waals surface area contributed by atoms with Gasteiger partial charge in [-0.05, 0) is 30.7 Å². The van der Waals surface area contributed by atoms with Gasteiger partial charge in [-0.2, -0.15) is 0 Å². The monoisotopic (exact) mass is 189 g/mol. The van der Waals surface area contributed by atoms with Crippen LogP contribution >= 0.6 is 0 Å². The molecule has 0 saturated heterocycles. The number of nitrogens with zero attached hydrogens (tertiary/aromatic N) is 1. The maximum atomic E-state index is 10.7. The summed E-state index contributed by atoms with van der Waals surface area (Å²) in [6, 6.07) is 5.41. The molecule has 0 fully saturated rings. The maximum Gasteiger partial charge on any atom is 0.166 e. The van der Waals surface area contributed by atoms with E-state index in [2.05, 4.69) is 0 Å². The molecule has 1 heterocycles. The van der Waals surface area contributed by atoms with Crippen molar-refractivity contribution in [3.05, 3.63) is 29.5 Å². The Morgan fingerprint density at radius 3 is 2.71 bits per heavy atom. The summed E-state index contributed by atoms with van der Waals surface area (Å²) in [5.74, 6) is 0.218. The summed E-state index contributed by atoms with van der Waals surface area (Å²) in [6.45, 7) is 1.91. The Morgan fingerprint density at radius 1 is 1.36 bits per heavy atom. The molecular weight excluding hydrogens is 178 g/mol. The van der Waals surface area contributed by atoms with Crippen molar-refractivity contribution in [3.63, 3.8) is 0 Å². The molecule has 0 aliphatic carbocycles. The number of phenols is 1. The lowest BCUT2D eigenvalue weighted by molar-refractivity contribution is 0.111. The smallest absolute Gasteiger partial charge is 0.166 e. The van der Waals surface area contributed by atoms with Gasteiger partial charge in [-0.3, -0.25) is 4.79 Å². The van der Waals surface area contributed by atoms with Crippen molar-refractivity contribution in [2.45, 2.75) is 6.92 Å². The van der Waals surface area contributed by atoms with Crippen LogP contribution in [0.3, 0.4) is 0 Å². The van der Waals surface area contributed by atoms with E-state index in [1.807, 2.05) is 13.0 Å². The molecule has 72 valence electrons. The first-order valence-corrected chi connectivity index (χ1v) is 4.37. The third-order valence-corrected chi connectivity index (χ3v) is 2.41. The second-order valence-corrected chi connectivity index (χ2v) is 3.47. The van der Waals surface area contributed by atoms with Crippen LogP contribution in [-0.4, -0.2) is 16.0 Å². The SMILES string of the molecule is Cc1cc(O)c2c(c1)cc(C=O)n2C. The van der Waals surface area contributed by atoms with Gasteiger partial charge in [0.15, 0.2) is 6.29 Å². The molecule has 3 heteroatoms. The van der Waals surface area contributed by atoms with E-state index in [0.29, 0.717) is 11.2 Å². The lowest BCUT2D eigenvalue weighted by Gasteiger charge is -2.01. The third kappa shape index (κ3) is 1.09. The van der Waals surface area contributed by atoms with Crippen molar-refractivity contribution in [3.8, 4) is 5.75 Å². The average molecular weight is 189 g/mol. The van der Waals surface area contributed by atoms with Gasteiger partial charge in [0.2, 0.25) is 0 Å². The van der Waals surface area contributed by atoms with Crippen molar-refractivity contribution in [2.24, 2.45) is 7.05 Å². The Morgan fingerprint density at radius 2 is 2.07 bits per heavy atom. The minimum atomic E-state index is 0.218. The van der Waals surface area contributed by atoms with Gasteiger partial charge in [0.25, 0.3) is 0 Å². The lowest BCUT2D eigenvalue weighted by Crippen LogP contribution is -1.93. The van der Waals surface area contributed by atoms with Crippen LogP contribution in [-0.2, 0) is 7.05 Å². The van der Waals surface area contributed by atoms with Crippen molar-refractivity contribution < 1.29 is 9.90 Å². The Hall–Kier alpha value is -1.77. The third-order valence-electron chi connectivity index (χ3n) is 2.41. The van der Waals surface area contributed by atoms with Gasteiger partial charge < -0.3 is 9.67 Å². The summed E-state index contributed by atoms with van der Waals surface area (Å²) >= 11 is 0. The van der Waals surface area contributed by atoms with E-state index in [9.17, 15) is 9.90 Å². The minimum Gasteiger partial charge on any atom is -0.506 e. The van der Waals surface area contributed by atoms with Gasteiger partial charge >= 0.3 is 0 Å². The predicted molar refractivity (Wildman–Crippen MR) is 54.7 cm³/mol. The van der Waals surface area contributed by atoms with Gasteiger partial charge in [0.05, 0.1) is 11.2 Å². The number of aldehydes is 1. The molecule has 14 heavy (non-hydrogen) atoms. The number of aromatic hydroxyl groups is 1. The number of benzene rings is 1. The van der Waals surface area contributed by atoms with Gasteiger partial charge in [-0.25, -0.2) is 0 Å². The fraction of sp³-hybridized carbons (Fsp3) is 0.182. The molecular formula is C11H11NO2. The van der Waals surface area contributed by atoms with Crippen LogP contribution in [0.5, 0.6) is 5.75 Å². The Bertz CT molecular complexity index is 511. The minimum absolute atomic E-state index is 0.218. The van der Waals surface area contributed by atoms with Gasteiger partial charge in [0.1, 0.15) is 5.75 Å². The Balaban J connectivity index is 2.92. The normalized spacial score (nSPS) is 10.7. The summed E-state index contributed by atoms with van der Waals surface area (Å²) in [7, 11) is 1.76. The van der Waals surface area contributed by atoms with Gasteiger partial charge in [0, 0.05) is 12.4 Å². The number of fused-ring (bicyclic) bond motifs is 1. The van der Waals surface area contributed by atoms with Crippen LogP contribution in [0.4, 0.5) is 0 Å². The topological polar surface area (TPSA) is 42.2 Å². The Labute approximate surface area is 81.6 Å². The van der Waals surface area contributed by atoms with Gasteiger partial charge in [-0.1, -0.05) is 0 Å². The van der Waals surface area contributed by atoms with Crippen LogP contribution < -0.4 is 0 Å². The number of hydrogen-bond donors (Lipinski definition) is 1. The number of rotatable bonds is 1. The van der Waals surface area contributed by atoms with Crippen LogP contribution in [0.25, 0.3) is 10.9 Å². The first-order valence-electron chi connectivity index (χ1n) is 4.37. The molecule has 3 nitrogen and oxygen atoms in total. The van der Waals surface area contributed by atoms with Crippen LogP contribution in [0.2, 0.25) is 0 Å². The highest BCUT2D eigenvalue weighted by molar-refractivity contribution is 5.92. The number of phenolic OH excluding ortho intramolecular Hbond substituents is 1. The molecule has 1 aromatic heterocycles. The summed E-state index contributed by atoms with van der Waals surface area (Å²) in [5, 5.41) is 10.6.